The topological polar surface area (TPSA) is 61.8 Å². The molecule has 0 aromatic rings. The van der Waals surface area contributed by atoms with E-state index in [9.17, 15) is 9.36 Å². The molecule has 0 spiro atoms. The van der Waals surface area contributed by atoms with Crippen molar-refractivity contribution in [3.63, 3.8) is 0 Å². The van der Waals surface area contributed by atoms with Gasteiger partial charge in [0.2, 0.25) is 0 Å². The van der Waals surface area contributed by atoms with Crippen molar-refractivity contribution in [3.05, 3.63) is 11.3 Å². The number of rotatable bonds is 6. The van der Waals surface area contributed by atoms with Crippen molar-refractivity contribution in [2.45, 2.75) is 47.5 Å². The lowest BCUT2D eigenvalue weighted by molar-refractivity contribution is -0.117. The summed E-state index contributed by atoms with van der Waals surface area (Å²) in [6.07, 6.45) is 1.15. The number of phosphoric ester groups is 1. The van der Waals surface area contributed by atoms with Gasteiger partial charge >= 0.3 is 7.82 Å². The SMILES string of the molecule is CCOP(=O)(OCC)OC1=C(C)C(=O)CCC1(C)C. The maximum Gasteiger partial charge on any atom is 0.529 e. The second kappa shape index (κ2) is 6.21. The van der Waals surface area contributed by atoms with Crippen molar-refractivity contribution in [3.8, 4) is 0 Å². The number of carbonyl (C=O) groups excluding carboxylic acids is 1. The molecule has 0 heterocycles. The minimum absolute atomic E-state index is 0.0221. The van der Waals surface area contributed by atoms with E-state index in [1.807, 2.05) is 13.8 Å². The van der Waals surface area contributed by atoms with Crippen LogP contribution in [0.4, 0.5) is 0 Å². The van der Waals surface area contributed by atoms with Gasteiger partial charge < -0.3 is 4.52 Å². The zero-order chi connectivity index (χ0) is 14.7. The number of Topliss-reactive ketones (excluding diaryl/α,β-unsaturated/α-hetero) is 1. The molecule has 1 aliphatic carbocycles. The van der Waals surface area contributed by atoms with E-state index in [0.29, 0.717) is 24.2 Å². The average molecular weight is 290 g/mol. The van der Waals surface area contributed by atoms with Gasteiger partial charge in [0.05, 0.1) is 13.2 Å². The van der Waals surface area contributed by atoms with Crippen LogP contribution in [0.5, 0.6) is 0 Å². The van der Waals surface area contributed by atoms with E-state index >= 15 is 0 Å². The summed E-state index contributed by atoms with van der Waals surface area (Å²) in [5.74, 6) is 0.447. The van der Waals surface area contributed by atoms with Gasteiger partial charge in [0.25, 0.3) is 0 Å². The Bertz CT molecular complexity index is 415. The van der Waals surface area contributed by atoms with E-state index in [-0.39, 0.29) is 24.4 Å². The minimum atomic E-state index is -3.64. The van der Waals surface area contributed by atoms with Crippen LogP contribution in [0.15, 0.2) is 11.3 Å². The van der Waals surface area contributed by atoms with E-state index < -0.39 is 7.82 Å². The van der Waals surface area contributed by atoms with Crippen molar-refractivity contribution >= 4 is 13.6 Å². The molecule has 0 aliphatic heterocycles. The lowest BCUT2D eigenvalue weighted by Crippen LogP contribution is -2.26. The Balaban J connectivity index is 3.08. The van der Waals surface area contributed by atoms with E-state index in [1.54, 1.807) is 20.8 Å². The average Bonchev–Trinajstić information content (AvgIpc) is 2.31. The smallest absolute Gasteiger partial charge is 0.408 e. The molecule has 0 aromatic heterocycles. The Morgan fingerprint density at radius 3 is 2.21 bits per heavy atom. The maximum atomic E-state index is 12.4. The first-order valence-electron chi connectivity index (χ1n) is 6.59. The number of hydrogen-bond donors (Lipinski definition) is 0. The maximum absolute atomic E-state index is 12.4. The molecule has 6 heteroatoms. The van der Waals surface area contributed by atoms with Crippen LogP contribution in [-0.2, 0) is 22.9 Å². The molecule has 0 aromatic carbocycles. The minimum Gasteiger partial charge on any atom is -0.408 e. The standard InChI is InChI=1S/C13H23O5P/c1-6-16-19(15,17-7-2)18-12-10(3)11(14)8-9-13(12,4)5/h6-9H2,1-5H3. The van der Waals surface area contributed by atoms with Gasteiger partial charge in [-0.3, -0.25) is 13.8 Å². The second-order valence-corrected chi connectivity index (χ2v) is 6.73. The molecule has 0 saturated carbocycles. The van der Waals surface area contributed by atoms with E-state index in [1.165, 1.54) is 0 Å². The van der Waals surface area contributed by atoms with Crippen molar-refractivity contribution in [2.24, 2.45) is 5.41 Å². The molecule has 0 fully saturated rings. The first kappa shape index (κ1) is 16.4. The first-order chi connectivity index (χ1) is 8.75. The summed E-state index contributed by atoms with van der Waals surface area (Å²) in [7, 11) is -3.64. The predicted molar refractivity (Wildman–Crippen MR) is 72.7 cm³/mol. The third kappa shape index (κ3) is 3.91. The Morgan fingerprint density at radius 2 is 1.74 bits per heavy atom. The van der Waals surface area contributed by atoms with Crippen molar-refractivity contribution in [2.75, 3.05) is 13.2 Å². The Hall–Kier alpha value is -0.640. The molecular formula is C13H23O5P. The molecule has 0 N–H and O–H groups in total. The normalized spacial score (nSPS) is 19.7. The zero-order valence-electron chi connectivity index (χ0n) is 12.3. The van der Waals surface area contributed by atoms with E-state index in [2.05, 4.69) is 0 Å². The fourth-order valence-electron chi connectivity index (χ4n) is 2.07. The van der Waals surface area contributed by atoms with Gasteiger partial charge in [-0.15, -0.1) is 0 Å². The highest BCUT2D eigenvalue weighted by molar-refractivity contribution is 7.48. The molecule has 19 heavy (non-hydrogen) atoms. The summed E-state index contributed by atoms with van der Waals surface area (Å²) in [4.78, 5) is 11.8. The highest BCUT2D eigenvalue weighted by atomic mass is 31.2. The molecule has 1 rings (SSSR count). The van der Waals surface area contributed by atoms with Crippen LogP contribution in [0.2, 0.25) is 0 Å². The quantitative estimate of drug-likeness (QED) is 0.695. The molecule has 0 unspecified atom stereocenters. The van der Waals surface area contributed by atoms with E-state index in [0.717, 1.165) is 0 Å². The Labute approximate surface area is 114 Å². The van der Waals surface area contributed by atoms with Gasteiger partial charge in [0, 0.05) is 17.4 Å². The number of ketones is 1. The van der Waals surface area contributed by atoms with Crippen LogP contribution < -0.4 is 0 Å². The summed E-state index contributed by atoms with van der Waals surface area (Å²) in [5, 5.41) is 0. The molecule has 0 saturated heterocycles. The summed E-state index contributed by atoms with van der Waals surface area (Å²) in [6, 6.07) is 0. The van der Waals surface area contributed by atoms with Gasteiger partial charge in [-0.2, -0.15) is 0 Å². The highest BCUT2D eigenvalue weighted by Crippen LogP contribution is 2.55. The Kier molecular flexibility index (Phi) is 5.36. The fourth-order valence-corrected chi connectivity index (χ4v) is 3.49. The van der Waals surface area contributed by atoms with Crippen LogP contribution in [0, 0.1) is 5.41 Å². The first-order valence-corrected chi connectivity index (χ1v) is 8.05. The summed E-state index contributed by atoms with van der Waals surface area (Å²) in [5.41, 5.74) is 0.165. The van der Waals surface area contributed by atoms with Crippen molar-refractivity contribution < 1.29 is 22.9 Å². The van der Waals surface area contributed by atoms with Gasteiger partial charge in [-0.05, 0) is 27.2 Å². The molecule has 0 radical (unpaired) electrons. The molecule has 5 nitrogen and oxygen atoms in total. The van der Waals surface area contributed by atoms with Gasteiger partial charge in [0.15, 0.2) is 5.78 Å². The zero-order valence-corrected chi connectivity index (χ0v) is 13.2. The van der Waals surface area contributed by atoms with Crippen molar-refractivity contribution in [1.82, 2.24) is 0 Å². The molecule has 0 amide bonds. The molecule has 0 bridgehead atoms. The van der Waals surface area contributed by atoms with Crippen LogP contribution in [-0.4, -0.2) is 19.0 Å². The van der Waals surface area contributed by atoms with Crippen LogP contribution >= 0.6 is 7.82 Å². The molecular weight excluding hydrogens is 267 g/mol. The van der Waals surface area contributed by atoms with Crippen molar-refractivity contribution in [1.29, 1.82) is 0 Å². The van der Waals surface area contributed by atoms with Crippen LogP contribution in [0.1, 0.15) is 47.5 Å². The van der Waals surface area contributed by atoms with Gasteiger partial charge in [-0.25, -0.2) is 4.57 Å². The number of carbonyl (C=O) groups is 1. The lowest BCUT2D eigenvalue weighted by Gasteiger charge is -2.34. The second-order valence-electron chi connectivity index (χ2n) is 5.14. The molecule has 0 atom stereocenters. The predicted octanol–water partition coefficient (Wildman–Crippen LogP) is 3.85. The number of hydrogen-bond acceptors (Lipinski definition) is 5. The molecule has 110 valence electrons. The van der Waals surface area contributed by atoms with E-state index in [4.69, 9.17) is 13.6 Å². The third-order valence-corrected chi connectivity index (χ3v) is 4.68. The van der Waals surface area contributed by atoms with Gasteiger partial charge in [0.1, 0.15) is 5.76 Å². The number of phosphoric acid groups is 1. The summed E-state index contributed by atoms with van der Waals surface area (Å²) < 4.78 is 28.2. The van der Waals surface area contributed by atoms with Crippen LogP contribution in [0.25, 0.3) is 0 Å². The van der Waals surface area contributed by atoms with Gasteiger partial charge in [-0.1, -0.05) is 13.8 Å². The monoisotopic (exact) mass is 290 g/mol. The largest absolute Gasteiger partial charge is 0.529 e. The fraction of sp³-hybridized carbons (Fsp3) is 0.769. The Morgan fingerprint density at radius 1 is 1.21 bits per heavy atom. The third-order valence-electron chi connectivity index (χ3n) is 3.13. The highest BCUT2D eigenvalue weighted by Gasteiger charge is 2.39. The summed E-state index contributed by atoms with van der Waals surface area (Å²) >= 11 is 0. The van der Waals surface area contributed by atoms with Crippen LogP contribution in [0.3, 0.4) is 0 Å². The number of allylic oxidation sites excluding steroid dienone is 2. The molecule has 1 aliphatic rings. The summed E-state index contributed by atoms with van der Waals surface area (Å²) in [6.45, 7) is 9.48. The lowest BCUT2D eigenvalue weighted by atomic mass is 9.77.